The zero-order valence-electron chi connectivity index (χ0n) is 8.99. The van der Waals surface area contributed by atoms with Crippen molar-refractivity contribution in [3.63, 3.8) is 0 Å². The number of methoxy groups -OCH3 is 1. The molecule has 1 saturated carbocycles. The maximum Gasteiger partial charge on any atom is 0.315 e. The fraction of sp³-hybridized carbons (Fsp3) is 0.800. The molecule has 86 valence electrons. The largest absolute Gasteiger partial charge is 0.469 e. The number of carbonyl (C=O) groups is 2. The van der Waals surface area contributed by atoms with Gasteiger partial charge in [0, 0.05) is 6.04 Å². The lowest BCUT2D eigenvalue weighted by atomic mass is 10.1. The first-order valence-corrected chi connectivity index (χ1v) is 5.22. The van der Waals surface area contributed by atoms with Crippen LogP contribution in [0.15, 0.2) is 0 Å². The van der Waals surface area contributed by atoms with E-state index in [9.17, 15) is 9.59 Å². The fourth-order valence-corrected chi connectivity index (χ4v) is 1.90. The van der Waals surface area contributed by atoms with Crippen LogP contribution in [0.1, 0.15) is 25.7 Å². The highest BCUT2D eigenvalue weighted by Crippen LogP contribution is 2.24. The molecule has 0 aromatic carbocycles. The Labute approximate surface area is 89.3 Å². The molecule has 2 unspecified atom stereocenters. The molecule has 0 aromatic rings. The molecule has 1 fully saturated rings. The Morgan fingerprint density at radius 2 is 2.20 bits per heavy atom. The minimum Gasteiger partial charge on any atom is -0.469 e. The highest BCUT2D eigenvalue weighted by molar-refractivity contribution is 5.94. The van der Waals surface area contributed by atoms with Crippen LogP contribution in [0.25, 0.3) is 0 Å². The van der Waals surface area contributed by atoms with E-state index in [2.05, 4.69) is 10.1 Å². The van der Waals surface area contributed by atoms with Crippen molar-refractivity contribution in [3.8, 4) is 0 Å². The van der Waals surface area contributed by atoms with Crippen LogP contribution in [0.3, 0.4) is 0 Å². The van der Waals surface area contributed by atoms with Gasteiger partial charge < -0.3 is 15.8 Å². The zero-order chi connectivity index (χ0) is 11.3. The quantitative estimate of drug-likeness (QED) is 0.501. The average molecular weight is 214 g/mol. The number of nitrogens with two attached hydrogens (primary N) is 1. The lowest BCUT2D eigenvalue weighted by molar-refractivity contribution is -0.143. The van der Waals surface area contributed by atoms with Crippen LogP contribution < -0.4 is 11.1 Å². The van der Waals surface area contributed by atoms with E-state index in [4.69, 9.17) is 5.73 Å². The van der Waals surface area contributed by atoms with Gasteiger partial charge in [0.15, 0.2) is 0 Å². The van der Waals surface area contributed by atoms with E-state index >= 15 is 0 Å². The molecule has 3 N–H and O–H groups in total. The molecule has 2 atom stereocenters. The Morgan fingerprint density at radius 3 is 2.73 bits per heavy atom. The molecule has 1 rings (SSSR count). The number of nitrogens with one attached hydrogen (secondary N) is 1. The van der Waals surface area contributed by atoms with Gasteiger partial charge in [-0.15, -0.1) is 0 Å². The Morgan fingerprint density at radius 1 is 1.47 bits per heavy atom. The molecule has 0 aliphatic heterocycles. The smallest absolute Gasteiger partial charge is 0.315 e. The molecule has 0 bridgehead atoms. The van der Waals surface area contributed by atoms with Gasteiger partial charge in [-0.25, -0.2) is 0 Å². The van der Waals surface area contributed by atoms with Gasteiger partial charge >= 0.3 is 5.97 Å². The van der Waals surface area contributed by atoms with E-state index in [1.54, 1.807) is 0 Å². The van der Waals surface area contributed by atoms with Gasteiger partial charge in [-0.2, -0.15) is 0 Å². The Hall–Kier alpha value is -1.10. The summed E-state index contributed by atoms with van der Waals surface area (Å²) >= 11 is 0. The maximum absolute atomic E-state index is 11.3. The van der Waals surface area contributed by atoms with Gasteiger partial charge in [-0.3, -0.25) is 9.59 Å². The molecule has 5 nitrogen and oxygen atoms in total. The van der Waals surface area contributed by atoms with Gasteiger partial charge in [0.25, 0.3) is 0 Å². The fourth-order valence-electron chi connectivity index (χ4n) is 1.90. The molecule has 15 heavy (non-hydrogen) atoms. The molecule has 0 saturated heterocycles. The lowest BCUT2D eigenvalue weighted by Gasteiger charge is -2.12. The summed E-state index contributed by atoms with van der Waals surface area (Å²) in [6.07, 6.45) is 2.73. The molecular weight excluding hydrogens is 196 g/mol. The minimum atomic E-state index is -0.499. The summed E-state index contributed by atoms with van der Waals surface area (Å²) in [5.74, 6) is -0.251. The monoisotopic (exact) mass is 214 g/mol. The lowest BCUT2D eigenvalue weighted by Crippen LogP contribution is -2.34. The summed E-state index contributed by atoms with van der Waals surface area (Å²) in [4.78, 5) is 22.1. The van der Waals surface area contributed by atoms with E-state index in [1.165, 1.54) is 7.11 Å². The second kappa shape index (κ2) is 5.70. The molecule has 1 aliphatic rings. The van der Waals surface area contributed by atoms with Crippen LogP contribution in [-0.2, 0) is 14.3 Å². The second-order valence-corrected chi connectivity index (χ2v) is 3.93. The third-order valence-electron chi connectivity index (χ3n) is 2.77. The van der Waals surface area contributed by atoms with Crippen LogP contribution in [0.4, 0.5) is 0 Å². The van der Waals surface area contributed by atoms with E-state index < -0.39 is 5.97 Å². The highest BCUT2D eigenvalue weighted by Gasteiger charge is 2.25. The van der Waals surface area contributed by atoms with Crippen molar-refractivity contribution in [2.24, 2.45) is 11.7 Å². The standard InChI is InChI=1S/C10H18N2O3/c1-15-10(14)5-9(13)12-8-3-2-7(4-8)6-11/h7-8H,2-6,11H2,1H3,(H,12,13). The van der Waals surface area contributed by atoms with Gasteiger partial charge in [-0.1, -0.05) is 0 Å². The SMILES string of the molecule is COC(=O)CC(=O)NC1CCC(CN)C1. The third-order valence-corrected chi connectivity index (χ3v) is 2.77. The first-order chi connectivity index (χ1) is 7.15. The van der Waals surface area contributed by atoms with Crippen molar-refractivity contribution < 1.29 is 14.3 Å². The first kappa shape index (κ1) is 12.0. The molecule has 1 aliphatic carbocycles. The molecule has 0 spiro atoms. The number of hydrogen-bond donors (Lipinski definition) is 2. The summed E-state index contributed by atoms with van der Waals surface area (Å²) in [7, 11) is 1.27. The van der Waals surface area contributed by atoms with Crippen LogP contribution >= 0.6 is 0 Å². The number of amides is 1. The number of carbonyl (C=O) groups excluding carboxylic acids is 2. The van der Waals surface area contributed by atoms with Crippen molar-refractivity contribution in [2.75, 3.05) is 13.7 Å². The third kappa shape index (κ3) is 3.87. The molecule has 5 heteroatoms. The van der Waals surface area contributed by atoms with Crippen LogP contribution in [0.5, 0.6) is 0 Å². The second-order valence-electron chi connectivity index (χ2n) is 3.93. The van der Waals surface area contributed by atoms with Gasteiger partial charge in [0.2, 0.25) is 5.91 Å². The van der Waals surface area contributed by atoms with Crippen LogP contribution in [0, 0.1) is 5.92 Å². The van der Waals surface area contributed by atoms with E-state index in [1.807, 2.05) is 0 Å². The Balaban J connectivity index is 2.24. The number of esters is 1. The first-order valence-electron chi connectivity index (χ1n) is 5.22. The van der Waals surface area contributed by atoms with E-state index in [0.717, 1.165) is 19.3 Å². The van der Waals surface area contributed by atoms with Crippen molar-refractivity contribution in [3.05, 3.63) is 0 Å². The summed E-state index contributed by atoms with van der Waals surface area (Å²) in [6.45, 7) is 0.670. The number of ether oxygens (including phenoxy) is 1. The van der Waals surface area contributed by atoms with Crippen molar-refractivity contribution in [1.82, 2.24) is 5.32 Å². The number of hydrogen-bond acceptors (Lipinski definition) is 4. The topological polar surface area (TPSA) is 81.4 Å². The zero-order valence-corrected chi connectivity index (χ0v) is 8.99. The number of rotatable bonds is 4. The Kier molecular flexibility index (Phi) is 4.55. The molecule has 0 aromatic heterocycles. The highest BCUT2D eigenvalue weighted by atomic mass is 16.5. The summed E-state index contributed by atoms with van der Waals surface area (Å²) in [5.41, 5.74) is 5.54. The maximum atomic E-state index is 11.3. The molecule has 0 heterocycles. The predicted octanol–water partition coefficient (Wildman–Crippen LogP) is -0.207. The Bertz CT molecular complexity index is 243. The van der Waals surface area contributed by atoms with Crippen LogP contribution in [-0.4, -0.2) is 31.6 Å². The van der Waals surface area contributed by atoms with Gasteiger partial charge in [-0.05, 0) is 31.7 Å². The summed E-state index contributed by atoms with van der Waals surface area (Å²) < 4.78 is 4.41. The van der Waals surface area contributed by atoms with E-state index in [0.29, 0.717) is 12.5 Å². The predicted molar refractivity (Wildman–Crippen MR) is 55.0 cm³/mol. The van der Waals surface area contributed by atoms with Gasteiger partial charge in [0.05, 0.1) is 7.11 Å². The average Bonchev–Trinajstić information content (AvgIpc) is 2.65. The normalized spacial score (nSPS) is 24.9. The van der Waals surface area contributed by atoms with Crippen molar-refractivity contribution >= 4 is 11.9 Å². The van der Waals surface area contributed by atoms with Gasteiger partial charge in [0.1, 0.15) is 6.42 Å². The van der Waals surface area contributed by atoms with E-state index in [-0.39, 0.29) is 18.4 Å². The van der Waals surface area contributed by atoms with Crippen LogP contribution in [0.2, 0.25) is 0 Å². The molecule has 0 radical (unpaired) electrons. The summed E-state index contributed by atoms with van der Waals surface area (Å²) in [5, 5.41) is 2.81. The summed E-state index contributed by atoms with van der Waals surface area (Å²) in [6, 6.07) is 0.177. The van der Waals surface area contributed by atoms with Crippen molar-refractivity contribution in [2.45, 2.75) is 31.7 Å². The molecular formula is C10H18N2O3. The van der Waals surface area contributed by atoms with Crippen molar-refractivity contribution in [1.29, 1.82) is 0 Å². The molecule has 1 amide bonds. The minimum absolute atomic E-state index is 0.177.